The Morgan fingerprint density at radius 3 is 2.09 bits per heavy atom. The fourth-order valence-corrected chi connectivity index (χ4v) is 1.94. The highest BCUT2D eigenvalue weighted by Crippen LogP contribution is 2.22. The van der Waals surface area contributed by atoms with Gasteiger partial charge in [-0.2, -0.15) is 5.26 Å². The van der Waals surface area contributed by atoms with Crippen LogP contribution in [0.2, 0.25) is 0 Å². The molecular weight excluding hydrogens is 280 g/mol. The summed E-state index contributed by atoms with van der Waals surface area (Å²) in [7, 11) is 1.34. The van der Waals surface area contributed by atoms with Crippen molar-refractivity contribution in [3.8, 4) is 17.2 Å². The maximum Gasteiger partial charge on any atom is 0.337 e. The minimum atomic E-state index is -0.373. The molecule has 2 aromatic rings. The molecule has 0 radical (unpaired) electrons. The molecule has 0 fully saturated rings. The Morgan fingerprint density at radius 1 is 1.05 bits per heavy atom. The Hall–Kier alpha value is -3.13. The topological polar surface area (TPSA) is 79.2 Å². The number of ether oxygens (including phenoxy) is 1. The first kappa shape index (κ1) is 15.3. The molecule has 0 unspecified atom stereocenters. The molecule has 2 aromatic carbocycles. The van der Waals surface area contributed by atoms with Crippen LogP contribution in [0.25, 0.3) is 11.1 Å². The monoisotopic (exact) mass is 294 g/mol. The zero-order valence-corrected chi connectivity index (χ0v) is 12.0. The number of hydrogen-bond acceptors (Lipinski definition) is 4. The predicted octanol–water partition coefficient (Wildman–Crippen LogP) is 2.99. The Bertz CT molecular complexity index is 713. The van der Waals surface area contributed by atoms with Gasteiger partial charge in [0.1, 0.15) is 6.42 Å². The third-order valence-corrected chi connectivity index (χ3v) is 3.05. The molecule has 0 aliphatic carbocycles. The highest BCUT2D eigenvalue weighted by molar-refractivity contribution is 5.92. The van der Waals surface area contributed by atoms with E-state index < -0.39 is 0 Å². The van der Waals surface area contributed by atoms with Crippen LogP contribution in [0.1, 0.15) is 16.8 Å². The summed E-state index contributed by atoms with van der Waals surface area (Å²) < 4.78 is 4.65. The fourth-order valence-electron chi connectivity index (χ4n) is 1.94. The van der Waals surface area contributed by atoms with Gasteiger partial charge in [-0.25, -0.2) is 4.79 Å². The Kier molecular flexibility index (Phi) is 4.89. The van der Waals surface area contributed by atoms with Gasteiger partial charge in [0.15, 0.2) is 0 Å². The Morgan fingerprint density at radius 2 is 1.59 bits per heavy atom. The predicted molar refractivity (Wildman–Crippen MR) is 82.1 cm³/mol. The molecule has 5 nitrogen and oxygen atoms in total. The lowest BCUT2D eigenvalue weighted by Crippen LogP contribution is -2.09. The summed E-state index contributed by atoms with van der Waals surface area (Å²) in [5.41, 5.74) is 3.03. The molecule has 5 heteroatoms. The van der Waals surface area contributed by atoms with E-state index >= 15 is 0 Å². The first-order valence-corrected chi connectivity index (χ1v) is 6.59. The van der Waals surface area contributed by atoms with E-state index in [2.05, 4.69) is 10.1 Å². The van der Waals surface area contributed by atoms with Gasteiger partial charge in [-0.15, -0.1) is 0 Å². The van der Waals surface area contributed by atoms with E-state index in [0.717, 1.165) is 11.1 Å². The van der Waals surface area contributed by atoms with Gasteiger partial charge < -0.3 is 10.1 Å². The summed E-state index contributed by atoms with van der Waals surface area (Å²) in [4.78, 5) is 22.7. The summed E-state index contributed by atoms with van der Waals surface area (Å²) in [5.74, 6) is -0.709. The van der Waals surface area contributed by atoms with Crippen LogP contribution in [-0.2, 0) is 9.53 Å². The van der Waals surface area contributed by atoms with Crippen molar-refractivity contribution in [2.45, 2.75) is 6.42 Å². The van der Waals surface area contributed by atoms with E-state index in [1.54, 1.807) is 30.3 Å². The summed E-state index contributed by atoms with van der Waals surface area (Å²) in [6.45, 7) is 0. The second-order valence-corrected chi connectivity index (χ2v) is 4.53. The number of methoxy groups -OCH3 is 1. The molecule has 1 N–H and O–H groups in total. The lowest BCUT2D eigenvalue weighted by Gasteiger charge is -2.06. The summed E-state index contributed by atoms with van der Waals surface area (Å²) in [6, 6.07) is 16.1. The molecule has 1 amide bonds. The maximum atomic E-state index is 11.4. The number of nitrogens with one attached hydrogen (secondary N) is 1. The lowest BCUT2D eigenvalue weighted by atomic mass is 10.0. The van der Waals surface area contributed by atoms with Crippen LogP contribution in [0.15, 0.2) is 48.5 Å². The van der Waals surface area contributed by atoms with Gasteiger partial charge in [-0.05, 0) is 35.4 Å². The number of hydrogen-bond donors (Lipinski definition) is 1. The highest BCUT2D eigenvalue weighted by atomic mass is 16.5. The third kappa shape index (κ3) is 3.70. The van der Waals surface area contributed by atoms with E-state index in [1.165, 1.54) is 7.11 Å². The normalized spacial score (nSPS) is 9.64. The average Bonchev–Trinajstić information content (AvgIpc) is 2.55. The number of nitriles is 1. The maximum absolute atomic E-state index is 11.4. The van der Waals surface area contributed by atoms with E-state index in [4.69, 9.17) is 5.26 Å². The van der Waals surface area contributed by atoms with Gasteiger partial charge in [0.2, 0.25) is 5.91 Å². The Balaban J connectivity index is 2.12. The van der Waals surface area contributed by atoms with Crippen molar-refractivity contribution in [1.29, 1.82) is 5.26 Å². The van der Waals surface area contributed by atoms with Crippen LogP contribution in [0, 0.1) is 11.3 Å². The largest absolute Gasteiger partial charge is 0.465 e. The van der Waals surface area contributed by atoms with Gasteiger partial charge in [0, 0.05) is 5.69 Å². The number of carbonyl (C=O) groups excluding carboxylic acids is 2. The molecule has 110 valence electrons. The molecule has 0 aliphatic rings. The smallest absolute Gasteiger partial charge is 0.337 e. The van der Waals surface area contributed by atoms with E-state index in [9.17, 15) is 9.59 Å². The number of esters is 1. The SMILES string of the molecule is COC(=O)c1ccc(-c2ccc(NC(=O)CC#N)cc2)cc1. The average molecular weight is 294 g/mol. The van der Waals surface area contributed by atoms with Gasteiger partial charge in [0.05, 0.1) is 18.7 Å². The van der Waals surface area contributed by atoms with Gasteiger partial charge in [-0.3, -0.25) is 4.79 Å². The second kappa shape index (κ2) is 7.04. The lowest BCUT2D eigenvalue weighted by molar-refractivity contribution is -0.115. The number of amides is 1. The molecule has 2 rings (SSSR count). The zero-order valence-electron chi connectivity index (χ0n) is 12.0. The minimum absolute atomic E-state index is 0.170. The molecule has 0 heterocycles. The Labute approximate surface area is 128 Å². The van der Waals surface area contributed by atoms with Crippen molar-refractivity contribution in [1.82, 2.24) is 0 Å². The zero-order chi connectivity index (χ0) is 15.9. The number of benzene rings is 2. The summed E-state index contributed by atoms with van der Waals surface area (Å²) >= 11 is 0. The van der Waals surface area contributed by atoms with Gasteiger partial charge in [0.25, 0.3) is 0 Å². The first-order valence-electron chi connectivity index (χ1n) is 6.59. The van der Waals surface area contributed by atoms with Crippen molar-refractivity contribution in [2.24, 2.45) is 0 Å². The van der Waals surface area contributed by atoms with Crippen molar-refractivity contribution in [3.63, 3.8) is 0 Å². The van der Waals surface area contributed by atoms with Crippen molar-refractivity contribution >= 4 is 17.6 Å². The van der Waals surface area contributed by atoms with Crippen LogP contribution in [0.4, 0.5) is 5.69 Å². The van der Waals surface area contributed by atoms with Crippen LogP contribution in [0.5, 0.6) is 0 Å². The summed E-state index contributed by atoms with van der Waals surface area (Å²) in [6.07, 6.45) is -0.170. The third-order valence-electron chi connectivity index (χ3n) is 3.05. The minimum Gasteiger partial charge on any atom is -0.465 e. The van der Waals surface area contributed by atoms with Crippen LogP contribution in [-0.4, -0.2) is 19.0 Å². The number of carbonyl (C=O) groups is 2. The molecular formula is C17H14N2O3. The number of rotatable bonds is 4. The number of nitrogens with zero attached hydrogens (tertiary/aromatic N) is 1. The van der Waals surface area contributed by atoms with Crippen molar-refractivity contribution in [2.75, 3.05) is 12.4 Å². The van der Waals surface area contributed by atoms with E-state index in [1.807, 2.05) is 24.3 Å². The fraction of sp³-hybridized carbons (Fsp3) is 0.118. The quantitative estimate of drug-likeness (QED) is 0.879. The molecule has 0 spiro atoms. The van der Waals surface area contributed by atoms with Crippen LogP contribution < -0.4 is 5.32 Å². The van der Waals surface area contributed by atoms with E-state index in [0.29, 0.717) is 11.3 Å². The molecule has 0 atom stereocenters. The van der Waals surface area contributed by atoms with E-state index in [-0.39, 0.29) is 18.3 Å². The summed E-state index contributed by atoms with van der Waals surface area (Å²) in [5, 5.41) is 11.1. The molecule has 0 saturated carbocycles. The van der Waals surface area contributed by atoms with Crippen LogP contribution in [0.3, 0.4) is 0 Å². The van der Waals surface area contributed by atoms with Crippen LogP contribution >= 0.6 is 0 Å². The van der Waals surface area contributed by atoms with Crippen molar-refractivity contribution in [3.05, 3.63) is 54.1 Å². The molecule has 0 bridgehead atoms. The van der Waals surface area contributed by atoms with Gasteiger partial charge in [-0.1, -0.05) is 24.3 Å². The number of anilines is 1. The standard InChI is InChI=1S/C17H14N2O3/c1-22-17(21)14-4-2-12(3-5-14)13-6-8-15(9-7-13)19-16(20)10-11-18/h2-9H,10H2,1H3,(H,19,20). The molecule has 22 heavy (non-hydrogen) atoms. The van der Waals surface area contributed by atoms with Gasteiger partial charge >= 0.3 is 5.97 Å². The molecule has 0 aliphatic heterocycles. The highest BCUT2D eigenvalue weighted by Gasteiger charge is 2.06. The van der Waals surface area contributed by atoms with Crippen molar-refractivity contribution < 1.29 is 14.3 Å². The first-order chi connectivity index (χ1) is 10.6. The second-order valence-electron chi connectivity index (χ2n) is 4.53. The molecule has 0 saturated heterocycles. The molecule has 0 aromatic heterocycles.